The van der Waals surface area contributed by atoms with Crippen LogP contribution in [-0.4, -0.2) is 6.61 Å². The molecule has 0 aromatic heterocycles. The molecular formula is C17H16INO. The van der Waals surface area contributed by atoms with Crippen LogP contribution in [0.5, 0.6) is 5.75 Å². The van der Waals surface area contributed by atoms with E-state index in [2.05, 4.69) is 59.0 Å². The van der Waals surface area contributed by atoms with E-state index in [-0.39, 0.29) is 0 Å². The molecule has 0 bridgehead atoms. The van der Waals surface area contributed by atoms with Crippen LogP contribution in [0.2, 0.25) is 0 Å². The first-order valence-electron chi connectivity index (χ1n) is 6.35. The fourth-order valence-electron chi connectivity index (χ4n) is 1.81. The summed E-state index contributed by atoms with van der Waals surface area (Å²) >= 11 is 2.34. The lowest BCUT2D eigenvalue weighted by molar-refractivity contribution is 0.366. The molecule has 2 nitrogen and oxygen atoms in total. The van der Waals surface area contributed by atoms with Crippen molar-refractivity contribution in [2.45, 2.75) is 13.5 Å². The molecule has 0 spiro atoms. The smallest absolute Gasteiger partial charge is 0.148 e. The molecule has 20 heavy (non-hydrogen) atoms. The second kappa shape index (κ2) is 7.20. The predicted octanol–water partition coefficient (Wildman–Crippen LogP) is 4.22. The Bertz CT molecular complexity index is 631. The van der Waals surface area contributed by atoms with E-state index in [4.69, 9.17) is 11.2 Å². The van der Waals surface area contributed by atoms with Gasteiger partial charge in [-0.05, 0) is 53.3 Å². The number of benzene rings is 2. The van der Waals surface area contributed by atoms with E-state index in [0.717, 1.165) is 17.0 Å². The van der Waals surface area contributed by atoms with Crippen LogP contribution in [0.25, 0.3) is 0 Å². The Kier molecular flexibility index (Phi) is 5.31. The number of hydrogen-bond donors (Lipinski definition) is 1. The predicted molar refractivity (Wildman–Crippen MR) is 92.0 cm³/mol. The molecule has 0 unspecified atom stereocenters. The van der Waals surface area contributed by atoms with Gasteiger partial charge in [-0.1, -0.05) is 30.2 Å². The third-order valence-corrected chi connectivity index (χ3v) is 4.10. The zero-order valence-corrected chi connectivity index (χ0v) is 13.5. The molecule has 0 saturated heterocycles. The zero-order valence-electron chi connectivity index (χ0n) is 11.3. The molecule has 102 valence electrons. The van der Waals surface area contributed by atoms with Gasteiger partial charge in [-0.2, -0.15) is 0 Å². The van der Waals surface area contributed by atoms with E-state index in [9.17, 15) is 0 Å². The number of aryl methyl sites for hydroxylation is 1. The van der Waals surface area contributed by atoms with Crippen LogP contribution in [0.4, 0.5) is 5.69 Å². The summed E-state index contributed by atoms with van der Waals surface area (Å²) in [6.45, 7) is 3.11. The maximum absolute atomic E-state index is 5.54. The molecule has 0 radical (unpaired) electrons. The van der Waals surface area contributed by atoms with Gasteiger partial charge >= 0.3 is 0 Å². The number of rotatable bonds is 5. The molecule has 0 aliphatic carbocycles. The molecule has 0 aliphatic heterocycles. The number of terminal acetylenes is 1. The summed E-state index contributed by atoms with van der Waals surface area (Å²) in [6, 6.07) is 14.3. The maximum atomic E-state index is 5.54. The van der Waals surface area contributed by atoms with Crippen molar-refractivity contribution in [2.75, 3.05) is 11.9 Å². The largest absolute Gasteiger partial charge is 0.481 e. The Morgan fingerprint density at radius 2 is 2.05 bits per heavy atom. The highest BCUT2D eigenvalue weighted by Crippen LogP contribution is 2.21. The number of hydrogen-bond acceptors (Lipinski definition) is 2. The topological polar surface area (TPSA) is 21.3 Å². The first-order chi connectivity index (χ1) is 9.70. The molecule has 2 aromatic carbocycles. The molecule has 0 amide bonds. The Balaban J connectivity index is 2.06. The fraction of sp³-hybridized carbons (Fsp3) is 0.176. The number of anilines is 1. The molecular weight excluding hydrogens is 361 g/mol. The minimum Gasteiger partial charge on any atom is -0.481 e. The van der Waals surface area contributed by atoms with Crippen molar-refractivity contribution in [2.24, 2.45) is 0 Å². The first-order valence-corrected chi connectivity index (χ1v) is 7.43. The van der Waals surface area contributed by atoms with Crippen LogP contribution >= 0.6 is 22.6 Å². The Hall–Kier alpha value is -1.67. The second-order valence-electron chi connectivity index (χ2n) is 4.42. The van der Waals surface area contributed by atoms with Gasteiger partial charge < -0.3 is 10.1 Å². The van der Waals surface area contributed by atoms with E-state index < -0.39 is 0 Å². The SMILES string of the molecule is C#CCOc1ccccc1CNc1ccc(C)c(I)c1. The molecule has 2 rings (SSSR count). The van der Waals surface area contributed by atoms with E-state index in [0.29, 0.717) is 13.2 Å². The first kappa shape index (κ1) is 14.7. The maximum Gasteiger partial charge on any atom is 0.148 e. The van der Waals surface area contributed by atoms with Gasteiger partial charge in [0.25, 0.3) is 0 Å². The van der Waals surface area contributed by atoms with Crippen molar-refractivity contribution >= 4 is 28.3 Å². The Labute approximate surface area is 133 Å². The minimum atomic E-state index is 0.291. The normalized spacial score (nSPS) is 9.85. The lowest BCUT2D eigenvalue weighted by Gasteiger charge is -2.12. The summed E-state index contributed by atoms with van der Waals surface area (Å²) in [4.78, 5) is 0. The van der Waals surface area contributed by atoms with Crippen molar-refractivity contribution in [1.82, 2.24) is 0 Å². The van der Waals surface area contributed by atoms with Crippen LogP contribution in [-0.2, 0) is 6.54 Å². The average molecular weight is 377 g/mol. The van der Waals surface area contributed by atoms with Crippen LogP contribution < -0.4 is 10.1 Å². The number of halogens is 1. The highest BCUT2D eigenvalue weighted by atomic mass is 127. The zero-order chi connectivity index (χ0) is 14.4. The van der Waals surface area contributed by atoms with Crippen molar-refractivity contribution in [1.29, 1.82) is 0 Å². The third kappa shape index (κ3) is 3.91. The molecule has 2 aromatic rings. The highest BCUT2D eigenvalue weighted by molar-refractivity contribution is 14.1. The van der Waals surface area contributed by atoms with Gasteiger partial charge in [0, 0.05) is 21.4 Å². The minimum absolute atomic E-state index is 0.291. The molecule has 0 atom stereocenters. The van der Waals surface area contributed by atoms with Crippen LogP contribution in [0.15, 0.2) is 42.5 Å². The third-order valence-electron chi connectivity index (χ3n) is 2.94. The van der Waals surface area contributed by atoms with E-state index in [1.54, 1.807) is 0 Å². The lowest BCUT2D eigenvalue weighted by Crippen LogP contribution is -2.03. The van der Waals surface area contributed by atoms with Crippen LogP contribution in [0.3, 0.4) is 0 Å². The average Bonchev–Trinajstić information content (AvgIpc) is 2.47. The van der Waals surface area contributed by atoms with Gasteiger partial charge in [0.2, 0.25) is 0 Å². The molecule has 0 heterocycles. The standard InChI is InChI=1S/C17H16INO/c1-3-10-20-17-7-5-4-6-14(17)12-19-15-9-8-13(2)16(18)11-15/h1,4-9,11,19H,10,12H2,2H3. The van der Waals surface area contributed by atoms with Gasteiger partial charge in [-0.25, -0.2) is 0 Å². The van der Waals surface area contributed by atoms with Crippen molar-refractivity contribution in [3.63, 3.8) is 0 Å². The van der Waals surface area contributed by atoms with Gasteiger partial charge in [0.1, 0.15) is 12.4 Å². The summed E-state index contributed by atoms with van der Waals surface area (Å²) in [5.74, 6) is 3.32. The molecule has 0 saturated carbocycles. The lowest BCUT2D eigenvalue weighted by atomic mass is 10.2. The summed E-state index contributed by atoms with van der Waals surface area (Å²) < 4.78 is 6.79. The van der Waals surface area contributed by atoms with Gasteiger partial charge in [-0.15, -0.1) is 6.42 Å². The van der Waals surface area contributed by atoms with Crippen molar-refractivity contribution in [3.05, 3.63) is 57.2 Å². The Morgan fingerprint density at radius 3 is 2.80 bits per heavy atom. The summed E-state index contributed by atoms with van der Waals surface area (Å²) in [5.41, 5.74) is 3.49. The fourth-order valence-corrected chi connectivity index (χ4v) is 2.33. The number of nitrogens with one attached hydrogen (secondary N) is 1. The van der Waals surface area contributed by atoms with Crippen LogP contribution in [0, 0.1) is 22.8 Å². The molecule has 3 heteroatoms. The molecule has 0 aliphatic rings. The number of para-hydroxylation sites is 1. The summed E-state index contributed by atoms with van der Waals surface area (Å²) in [5, 5.41) is 3.41. The summed E-state index contributed by atoms with van der Waals surface area (Å²) in [7, 11) is 0. The van der Waals surface area contributed by atoms with Gasteiger partial charge in [0.05, 0.1) is 0 Å². The molecule has 0 fully saturated rings. The van der Waals surface area contributed by atoms with E-state index >= 15 is 0 Å². The van der Waals surface area contributed by atoms with Gasteiger partial charge in [0.15, 0.2) is 0 Å². The molecule has 1 N–H and O–H groups in total. The van der Waals surface area contributed by atoms with E-state index in [1.165, 1.54) is 9.13 Å². The monoisotopic (exact) mass is 377 g/mol. The van der Waals surface area contributed by atoms with Gasteiger partial charge in [-0.3, -0.25) is 0 Å². The van der Waals surface area contributed by atoms with Crippen LogP contribution in [0.1, 0.15) is 11.1 Å². The van der Waals surface area contributed by atoms with E-state index in [1.807, 2.05) is 24.3 Å². The number of ether oxygens (including phenoxy) is 1. The van der Waals surface area contributed by atoms with Crippen molar-refractivity contribution in [3.8, 4) is 18.1 Å². The van der Waals surface area contributed by atoms with Crippen molar-refractivity contribution < 1.29 is 4.74 Å². The second-order valence-corrected chi connectivity index (χ2v) is 5.58. The Morgan fingerprint density at radius 1 is 1.25 bits per heavy atom. The quantitative estimate of drug-likeness (QED) is 0.622. The summed E-state index contributed by atoms with van der Waals surface area (Å²) in [6.07, 6.45) is 5.23. The highest BCUT2D eigenvalue weighted by Gasteiger charge is 2.03.